The minimum Gasteiger partial charge on any atom is -0.506 e. The molecular formula is C9H14N2O. The highest BCUT2D eigenvalue weighted by molar-refractivity contribution is 5.53. The minimum absolute atomic E-state index is 0.145. The van der Waals surface area contributed by atoms with Crippen molar-refractivity contribution < 1.29 is 5.11 Å². The van der Waals surface area contributed by atoms with Crippen molar-refractivity contribution >= 4 is 5.69 Å². The van der Waals surface area contributed by atoms with E-state index >= 15 is 0 Å². The maximum Gasteiger partial charge on any atom is 0.138 e. The van der Waals surface area contributed by atoms with Crippen molar-refractivity contribution in [2.24, 2.45) is 5.73 Å². The number of aryl methyl sites for hydroxylation is 1. The van der Waals surface area contributed by atoms with E-state index in [0.29, 0.717) is 12.2 Å². The number of nitrogens with two attached hydrogens (primary N) is 2. The zero-order valence-corrected chi connectivity index (χ0v) is 6.96. The Morgan fingerprint density at radius 1 is 1.33 bits per heavy atom. The average Bonchev–Trinajstić information content (AvgIpc) is 2.07. The number of hydrogen-bond acceptors (Lipinski definition) is 3. The summed E-state index contributed by atoms with van der Waals surface area (Å²) >= 11 is 0. The second-order valence-corrected chi connectivity index (χ2v) is 2.79. The molecule has 0 saturated heterocycles. The summed E-state index contributed by atoms with van der Waals surface area (Å²) in [5.74, 6) is 0.145. The molecule has 0 amide bonds. The SMILES string of the molecule is NCCCc1ccc(O)c(N)c1. The average molecular weight is 166 g/mol. The molecule has 1 rings (SSSR count). The van der Waals surface area contributed by atoms with E-state index in [4.69, 9.17) is 16.6 Å². The van der Waals surface area contributed by atoms with Crippen molar-refractivity contribution in [2.75, 3.05) is 12.3 Å². The van der Waals surface area contributed by atoms with Gasteiger partial charge in [-0.05, 0) is 37.1 Å². The standard InChI is InChI=1S/C9H14N2O/c10-5-1-2-7-3-4-9(12)8(11)6-7/h3-4,6,12H,1-2,5,10-11H2. The third kappa shape index (κ3) is 2.13. The van der Waals surface area contributed by atoms with Gasteiger partial charge < -0.3 is 16.6 Å². The highest BCUT2D eigenvalue weighted by Crippen LogP contribution is 2.20. The van der Waals surface area contributed by atoms with Crippen molar-refractivity contribution in [1.82, 2.24) is 0 Å². The molecule has 1 aromatic rings. The number of phenolic OH excluding ortho intramolecular Hbond substituents is 1. The number of benzene rings is 1. The summed E-state index contributed by atoms with van der Waals surface area (Å²) in [6.45, 7) is 0.681. The normalized spacial score (nSPS) is 10.1. The topological polar surface area (TPSA) is 72.3 Å². The monoisotopic (exact) mass is 166 g/mol. The molecule has 0 aromatic heterocycles. The molecule has 5 N–H and O–H groups in total. The molecule has 3 nitrogen and oxygen atoms in total. The van der Waals surface area contributed by atoms with Crippen LogP contribution in [0.1, 0.15) is 12.0 Å². The Labute approximate surface area is 72.0 Å². The highest BCUT2D eigenvalue weighted by atomic mass is 16.3. The van der Waals surface area contributed by atoms with Gasteiger partial charge in [-0.2, -0.15) is 0 Å². The molecule has 0 fully saturated rings. The van der Waals surface area contributed by atoms with Crippen molar-refractivity contribution in [3.63, 3.8) is 0 Å². The molecule has 66 valence electrons. The van der Waals surface area contributed by atoms with E-state index in [9.17, 15) is 0 Å². The second-order valence-electron chi connectivity index (χ2n) is 2.79. The van der Waals surface area contributed by atoms with E-state index in [0.717, 1.165) is 18.4 Å². The Morgan fingerprint density at radius 2 is 2.08 bits per heavy atom. The first-order valence-corrected chi connectivity index (χ1v) is 4.01. The molecule has 0 saturated carbocycles. The van der Waals surface area contributed by atoms with E-state index in [2.05, 4.69) is 0 Å². The van der Waals surface area contributed by atoms with E-state index < -0.39 is 0 Å². The maximum absolute atomic E-state index is 9.12. The molecule has 0 atom stereocenters. The quantitative estimate of drug-likeness (QED) is 0.460. The lowest BCUT2D eigenvalue weighted by molar-refractivity contribution is 0.477. The molecular weight excluding hydrogens is 152 g/mol. The number of anilines is 1. The summed E-state index contributed by atoms with van der Waals surface area (Å²) < 4.78 is 0. The summed E-state index contributed by atoms with van der Waals surface area (Å²) in [5, 5.41) is 9.12. The van der Waals surface area contributed by atoms with Crippen LogP contribution in [-0.2, 0) is 6.42 Å². The van der Waals surface area contributed by atoms with Crippen LogP contribution in [-0.4, -0.2) is 11.7 Å². The highest BCUT2D eigenvalue weighted by Gasteiger charge is 1.97. The zero-order valence-electron chi connectivity index (χ0n) is 6.96. The van der Waals surface area contributed by atoms with Crippen LogP contribution in [0.5, 0.6) is 5.75 Å². The molecule has 0 radical (unpaired) electrons. The van der Waals surface area contributed by atoms with Crippen LogP contribution in [0.15, 0.2) is 18.2 Å². The van der Waals surface area contributed by atoms with Gasteiger partial charge >= 0.3 is 0 Å². The van der Waals surface area contributed by atoms with E-state index in [1.807, 2.05) is 6.07 Å². The number of phenols is 1. The van der Waals surface area contributed by atoms with Crippen LogP contribution < -0.4 is 11.5 Å². The largest absolute Gasteiger partial charge is 0.506 e. The molecule has 12 heavy (non-hydrogen) atoms. The van der Waals surface area contributed by atoms with Gasteiger partial charge in [0.15, 0.2) is 0 Å². The summed E-state index contributed by atoms with van der Waals surface area (Å²) in [6, 6.07) is 5.26. The van der Waals surface area contributed by atoms with Crippen molar-refractivity contribution in [2.45, 2.75) is 12.8 Å². The van der Waals surface area contributed by atoms with Gasteiger partial charge in [0.1, 0.15) is 5.75 Å². The lowest BCUT2D eigenvalue weighted by atomic mass is 10.1. The number of rotatable bonds is 3. The van der Waals surface area contributed by atoms with Gasteiger partial charge in [-0.3, -0.25) is 0 Å². The Kier molecular flexibility index (Phi) is 2.94. The first-order valence-electron chi connectivity index (χ1n) is 4.01. The molecule has 0 unspecified atom stereocenters. The summed E-state index contributed by atoms with van der Waals surface area (Å²) in [7, 11) is 0. The third-order valence-corrected chi connectivity index (χ3v) is 1.76. The Morgan fingerprint density at radius 3 is 2.67 bits per heavy atom. The van der Waals surface area contributed by atoms with E-state index in [-0.39, 0.29) is 5.75 Å². The molecule has 1 aromatic carbocycles. The van der Waals surface area contributed by atoms with Gasteiger partial charge in [-0.25, -0.2) is 0 Å². The lowest BCUT2D eigenvalue weighted by Crippen LogP contribution is -2.00. The minimum atomic E-state index is 0.145. The predicted molar refractivity (Wildman–Crippen MR) is 49.9 cm³/mol. The molecule has 0 heterocycles. The molecule has 3 heteroatoms. The molecule has 0 aliphatic carbocycles. The van der Waals surface area contributed by atoms with Gasteiger partial charge in [0.05, 0.1) is 5.69 Å². The van der Waals surface area contributed by atoms with Gasteiger partial charge in [0, 0.05) is 0 Å². The summed E-state index contributed by atoms with van der Waals surface area (Å²) in [5.41, 5.74) is 12.4. The summed E-state index contributed by atoms with van der Waals surface area (Å²) in [4.78, 5) is 0. The Hall–Kier alpha value is -1.22. The fraction of sp³-hybridized carbons (Fsp3) is 0.333. The summed E-state index contributed by atoms with van der Waals surface area (Å²) in [6.07, 6.45) is 1.87. The number of aromatic hydroxyl groups is 1. The Bertz CT molecular complexity index is 261. The van der Waals surface area contributed by atoms with Gasteiger partial charge in [-0.15, -0.1) is 0 Å². The Balaban J connectivity index is 2.69. The predicted octanol–water partition coefficient (Wildman–Crippen LogP) is 0.866. The number of hydrogen-bond donors (Lipinski definition) is 3. The lowest BCUT2D eigenvalue weighted by Gasteiger charge is -2.02. The van der Waals surface area contributed by atoms with Crippen molar-refractivity contribution in [3.05, 3.63) is 23.8 Å². The first-order chi connectivity index (χ1) is 5.74. The smallest absolute Gasteiger partial charge is 0.138 e. The fourth-order valence-electron chi connectivity index (χ4n) is 1.07. The van der Waals surface area contributed by atoms with Crippen molar-refractivity contribution in [1.29, 1.82) is 0 Å². The first kappa shape index (κ1) is 8.87. The molecule has 0 spiro atoms. The molecule has 0 bridgehead atoms. The van der Waals surface area contributed by atoms with Gasteiger partial charge in [0.25, 0.3) is 0 Å². The van der Waals surface area contributed by atoms with Crippen LogP contribution in [0.25, 0.3) is 0 Å². The van der Waals surface area contributed by atoms with E-state index in [1.54, 1.807) is 12.1 Å². The van der Waals surface area contributed by atoms with Crippen molar-refractivity contribution in [3.8, 4) is 5.75 Å². The maximum atomic E-state index is 9.12. The van der Waals surface area contributed by atoms with Crippen LogP contribution in [0, 0.1) is 0 Å². The zero-order chi connectivity index (χ0) is 8.97. The molecule has 0 aliphatic heterocycles. The van der Waals surface area contributed by atoms with Gasteiger partial charge in [0.2, 0.25) is 0 Å². The number of nitrogen functional groups attached to an aromatic ring is 1. The van der Waals surface area contributed by atoms with Crippen LogP contribution in [0.2, 0.25) is 0 Å². The molecule has 0 aliphatic rings. The van der Waals surface area contributed by atoms with E-state index in [1.165, 1.54) is 0 Å². The fourth-order valence-corrected chi connectivity index (χ4v) is 1.07. The van der Waals surface area contributed by atoms with Crippen LogP contribution in [0.3, 0.4) is 0 Å². The van der Waals surface area contributed by atoms with Crippen LogP contribution >= 0.6 is 0 Å². The van der Waals surface area contributed by atoms with Crippen LogP contribution in [0.4, 0.5) is 5.69 Å². The van der Waals surface area contributed by atoms with Gasteiger partial charge in [-0.1, -0.05) is 6.07 Å². The second kappa shape index (κ2) is 3.97. The third-order valence-electron chi connectivity index (χ3n) is 1.76.